The van der Waals surface area contributed by atoms with E-state index in [2.05, 4.69) is 36.4 Å². The highest BCUT2D eigenvalue weighted by Gasteiger charge is 2.23. The Labute approximate surface area is 141 Å². The zero-order chi connectivity index (χ0) is 17.1. The molecule has 0 aromatic carbocycles. The van der Waals surface area contributed by atoms with E-state index >= 15 is 0 Å². The van der Waals surface area contributed by atoms with Gasteiger partial charge in [-0.25, -0.2) is 9.97 Å². The van der Waals surface area contributed by atoms with Crippen molar-refractivity contribution in [1.82, 2.24) is 30.4 Å². The van der Waals surface area contributed by atoms with Crippen LogP contribution in [0.4, 0.5) is 0 Å². The van der Waals surface area contributed by atoms with Gasteiger partial charge in [0, 0.05) is 31.0 Å². The summed E-state index contributed by atoms with van der Waals surface area (Å²) >= 11 is 0. The van der Waals surface area contributed by atoms with Gasteiger partial charge in [0.25, 0.3) is 5.91 Å². The summed E-state index contributed by atoms with van der Waals surface area (Å²) in [5.74, 6) is 0.976. The number of nitrogens with one attached hydrogen (secondary N) is 2. The number of aromatic nitrogens is 4. The lowest BCUT2D eigenvalue weighted by Gasteiger charge is -2.15. The number of aryl methyl sites for hydroxylation is 3. The molecule has 0 radical (unpaired) electrons. The standard InChI is InChI=1S/C17H24N6O/c1-11-7-16(20-13(3)19-11)17(24)18-8-14-4-5-23(9-14)10-15-6-12(2)21-22-15/h6-7,14H,4-5,8-10H2,1-3H3,(H,18,24)(H,21,22). The summed E-state index contributed by atoms with van der Waals surface area (Å²) in [6.45, 7) is 9.24. The molecule has 0 aliphatic carbocycles. The number of carbonyl (C=O) groups excluding carboxylic acids is 1. The minimum atomic E-state index is -0.120. The minimum absolute atomic E-state index is 0.120. The Morgan fingerprint density at radius 3 is 2.88 bits per heavy atom. The minimum Gasteiger partial charge on any atom is -0.350 e. The molecule has 3 heterocycles. The summed E-state index contributed by atoms with van der Waals surface area (Å²) in [6, 6.07) is 3.80. The molecule has 7 nitrogen and oxygen atoms in total. The fraction of sp³-hybridized carbons (Fsp3) is 0.529. The highest BCUT2D eigenvalue weighted by Crippen LogP contribution is 2.17. The summed E-state index contributed by atoms with van der Waals surface area (Å²) in [5.41, 5.74) is 3.42. The zero-order valence-corrected chi connectivity index (χ0v) is 14.5. The number of likely N-dealkylation sites (tertiary alicyclic amines) is 1. The molecule has 3 rings (SSSR count). The topological polar surface area (TPSA) is 86.8 Å². The van der Waals surface area contributed by atoms with E-state index < -0.39 is 0 Å². The van der Waals surface area contributed by atoms with Crippen molar-refractivity contribution in [3.8, 4) is 0 Å². The maximum Gasteiger partial charge on any atom is 0.270 e. The SMILES string of the molecule is Cc1cc(C(=O)NCC2CCN(Cc3cc(C)[nH]n3)C2)nc(C)n1. The third-order valence-corrected chi connectivity index (χ3v) is 4.26. The summed E-state index contributed by atoms with van der Waals surface area (Å²) in [7, 11) is 0. The first-order valence-electron chi connectivity index (χ1n) is 8.33. The molecule has 0 saturated carbocycles. The second-order valence-corrected chi connectivity index (χ2v) is 6.58. The lowest BCUT2D eigenvalue weighted by molar-refractivity contribution is 0.0941. The molecule has 1 atom stereocenters. The van der Waals surface area contributed by atoms with Crippen LogP contribution in [0, 0.1) is 26.7 Å². The molecule has 1 saturated heterocycles. The second kappa shape index (κ2) is 7.09. The van der Waals surface area contributed by atoms with Gasteiger partial charge in [0.05, 0.1) is 5.69 Å². The van der Waals surface area contributed by atoms with Crippen molar-refractivity contribution in [3.05, 3.63) is 40.7 Å². The zero-order valence-electron chi connectivity index (χ0n) is 14.5. The van der Waals surface area contributed by atoms with Crippen LogP contribution in [0.5, 0.6) is 0 Å². The number of aromatic amines is 1. The van der Waals surface area contributed by atoms with Gasteiger partial charge in [-0.15, -0.1) is 0 Å². The van der Waals surface area contributed by atoms with E-state index in [0.717, 1.165) is 43.1 Å². The van der Waals surface area contributed by atoms with Crippen molar-refractivity contribution in [2.24, 2.45) is 5.92 Å². The number of hydrogen-bond donors (Lipinski definition) is 2. The molecular weight excluding hydrogens is 304 g/mol. The van der Waals surface area contributed by atoms with E-state index in [1.54, 1.807) is 13.0 Å². The molecule has 7 heteroatoms. The molecular formula is C17H24N6O. The first-order chi connectivity index (χ1) is 11.5. The van der Waals surface area contributed by atoms with Crippen molar-refractivity contribution in [3.63, 3.8) is 0 Å². The lowest BCUT2D eigenvalue weighted by Crippen LogP contribution is -2.31. The first kappa shape index (κ1) is 16.6. The van der Waals surface area contributed by atoms with Crippen LogP contribution in [0.3, 0.4) is 0 Å². The lowest BCUT2D eigenvalue weighted by atomic mass is 10.1. The number of H-pyrrole nitrogens is 1. The number of nitrogens with zero attached hydrogens (tertiary/aromatic N) is 4. The van der Waals surface area contributed by atoms with Crippen molar-refractivity contribution in [2.75, 3.05) is 19.6 Å². The second-order valence-electron chi connectivity index (χ2n) is 6.58. The van der Waals surface area contributed by atoms with Crippen LogP contribution in [0.2, 0.25) is 0 Å². The molecule has 0 spiro atoms. The van der Waals surface area contributed by atoms with Crippen LogP contribution < -0.4 is 5.32 Å². The quantitative estimate of drug-likeness (QED) is 0.866. The van der Waals surface area contributed by atoms with Crippen molar-refractivity contribution in [1.29, 1.82) is 0 Å². The Kier molecular flexibility index (Phi) is 4.89. The molecule has 1 aliphatic heterocycles. The third-order valence-electron chi connectivity index (χ3n) is 4.26. The van der Waals surface area contributed by atoms with Crippen molar-refractivity contribution < 1.29 is 4.79 Å². The van der Waals surface area contributed by atoms with Gasteiger partial charge in [-0.1, -0.05) is 0 Å². The number of carbonyl (C=O) groups is 1. The van der Waals surface area contributed by atoms with Crippen LogP contribution in [0.1, 0.15) is 39.8 Å². The van der Waals surface area contributed by atoms with E-state index in [4.69, 9.17) is 0 Å². The van der Waals surface area contributed by atoms with Crippen molar-refractivity contribution in [2.45, 2.75) is 33.7 Å². The largest absolute Gasteiger partial charge is 0.350 e. The third kappa shape index (κ3) is 4.17. The predicted octanol–water partition coefficient (Wildman–Crippen LogP) is 1.38. The van der Waals surface area contributed by atoms with Crippen LogP contribution in [0.15, 0.2) is 12.1 Å². The monoisotopic (exact) mass is 328 g/mol. The molecule has 24 heavy (non-hydrogen) atoms. The summed E-state index contributed by atoms with van der Waals surface area (Å²) in [4.78, 5) is 23.0. The van der Waals surface area contributed by atoms with Gasteiger partial charge in [0.2, 0.25) is 0 Å². The van der Waals surface area contributed by atoms with Gasteiger partial charge in [-0.05, 0) is 51.8 Å². The fourth-order valence-corrected chi connectivity index (χ4v) is 3.17. The van der Waals surface area contributed by atoms with Crippen LogP contribution >= 0.6 is 0 Å². The van der Waals surface area contributed by atoms with Gasteiger partial charge in [0.1, 0.15) is 11.5 Å². The Balaban J connectivity index is 1.48. The van der Waals surface area contributed by atoms with E-state index in [9.17, 15) is 4.79 Å². The molecule has 1 unspecified atom stereocenters. The number of hydrogen-bond acceptors (Lipinski definition) is 5. The average Bonchev–Trinajstić information content (AvgIpc) is 3.13. The normalized spacial score (nSPS) is 18.0. The van der Waals surface area contributed by atoms with Crippen LogP contribution in [-0.2, 0) is 6.54 Å². The van der Waals surface area contributed by atoms with E-state index in [1.165, 1.54) is 0 Å². The fourth-order valence-electron chi connectivity index (χ4n) is 3.17. The van der Waals surface area contributed by atoms with E-state index in [0.29, 0.717) is 24.0 Å². The summed E-state index contributed by atoms with van der Waals surface area (Å²) in [6.07, 6.45) is 1.09. The molecule has 2 N–H and O–H groups in total. The smallest absolute Gasteiger partial charge is 0.270 e. The van der Waals surface area contributed by atoms with Crippen LogP contribution in [0.25, 0.3) is 0 Å². The molecule has 2 aromatic heterocycles. The van der Waals surface area contributed by atoms with Gasteiger partial charge < -0.3 is 5.32 Å². The average molecular weight is 328 g/mol. The number of amides is 1. The predicted molar refractivity (Wildman–Crippen MR) is 90.5 cm³/mol. The Bertz CT molecular complexity index is 705. The molecule has 1 fully saturated rings. The van der Waals surface area contributed by atoms with Crippen molar-refractivity contribution >= 4 is 5.91 Å². The Hall–Kier alpha value is -2.28. The molecule has 2 aromatic rings. The molecule has 128 valence electrons. The Morgan fingerprint density at radius 2 is 2.17 bits per heavy atom. The maximum atomic E-state index is 12.3. The maximum absolute atomic E-state index is 12.3. The van der Waals surface area contributed by atoms with Gasteiger partial charge in [-0.2, -0.15) is 5.10 Å². The summed E-state index contributed by atoms with van der Waals surface area (Å²) < 4.78 is 0. The van der Waals surface area contributed by atoms with Gasteiger partial charge >= 0.3 is 0 Å². The number of rotatable bonds is 5. The van der Waals surface area contributed by atoms with Gasteiger partial charge in [-0.3, -0.25) is 14.8 Å². The van der Waals surface area contributed by atoms with Crippen LogP contribution in [-0.4, -0.2) is 50.6 Å². The first-order valence-corrected chi connectivity index (χ1v) is 8.33. The highest BCUT2D eigenvalue weighted by atomic mass is 16.1. The van der Waals surface area contributed by atoms with E-state index in [1.807, 2.05) is 13.8 Å². The summed E-state index contributed by atoms with van der Waals surface area (Å²) in [5, 5.41) is 10.3. The Morgan fingerprint density at radius 1 is 1.33 bits per heavy atom. The molecule has 1 aliphatic rings. The molecule has 1 amide bonds. The van der Waals surface area contributed by atoms with E-state index in [-0.39, 0.29) is 5.91 Å². The molecule has 0 bridgehead atoms. The van der Waals surface area contributed by atoms with Gasteiger partial charge in [0.15, 0.2) is 0 Å². The highest BCUT2D eigenvalue weighted by molar-refractivity contribution is 5.92.